The van der Waals surface area contributed by atoms with Gasteiger partial charge < -0.3 is 26.2 Å². The minimum absolute atomic E-state index is 0.0201. The van der Waals surface area contributed by atoms with Crippen molar-refractivity contribution in [3.05, 3.63) is 218 Å². The number of fused-ring (bicyclic) bond motifs is 7. The maximum Gasteiger partial charge on any atom is 0.471 e. The SMILES string of the molecule is CC(CCN1/C(=C/C=C2\CCCC(/C=C/C3=[N+](CCC(C)S(=O)(=O)O)c4ccc5ccccc5c4C3(C)C)=C2Cc2ccc(CCC(=O)CCCCC[C@H](CC(=O)CC[C@H](NC(=O)c3ccc(N(Cc4cnc5nc(N)[nH]c(=O)c5n4)C(=O)C(F)(F)F)cc3)C(=O)O)C(=O)O)cc2)C(C)(C)c2c1ccc1ccccc21)S(=O)(=O)O. The molecule has 0 saturated heterocycles. The quantitative estimate of drug-likeness (QED) is 0.0112. The van der Waals surface area contributed by atoms with Crippen LogP contribution < -0.4 is 26.4 Å². The van der Waals surface area contributed by atoms with Crippen molar-refractivity contribution >= 4 is 117 Å². The second kappa shape index (κ2) is 34.8. The largest absolute Gasteiger partial charge is 0.481 e. The van der Waals surface area contributed by atoms with Gasteiger partial charge in [0.05, 0.1) is 40.3 Å². The van der Waals surface area contributed by atoms with Crippen molar-refractivity contribution < 1.29 is 82.7 Å². The summed E-state index contributed by atoms with van der Waals surface area (Å²) in [5.74, 6) is -8.02. The van der Waals surface area contributed by atoms with Crippen molar-refractivity contribution in [2.24, 2.45) is 5.92 Å². The molecule has 0 spiro atoms. The van der Waals surface area contributed by atoms with Crippen LogP contribution in [0.25, 0.3) is 32.7 Å². The number of H-pyrrole nitrogens is 1. The van der Waals surface area contributed by atoms with E-state index < -0.39 is 121 Å². The van der Waals surface area contributed by atoms with E-state index in [0.717, 1.165) is 133 Å². The highest BCUT2D eigenvalue weighted by molar-refractivity contribution is 7.86. The van der Waals surface area contributed by atoms with Gasteiger partial charge in [0.2, 0.25) is 11.6 Å². The Bertz CT molecular complexity index is 5560. The fourth-order valence-corrected chi connectivity index (χ4v) is 16.5. The van der Waals surface area contributed by atoms with E-state index in [1.807, 2.05) is 36.4 Å². The number of aryl methyl sites for hydroxylation is 1. The summed E-state index contributed by atoms with van der Waals surface area (Å²) in [6.45, 7) is 11.6. The van der Waals surface area contributed by atoms with Gasteiger partial charge in [-0.2, -0.15) is 39.6 Å². The highest BCUT2D eigenvalue weighted by atomic mass is 32.2. The monoisotopic (exact) mass is 1600 g/mol. The molecule has 2 amide bonds. The highest BCUT2D eigenvalue weighted by Gasteiger charge is 2.47. The van der Waals surface area contributed by atoms with Gasteiger partial charge in [-0.05, 0) is 183 Å². The third kappa shape index (κ3) is 19.5. The Morgan fingerprint density at radius 3 is 2.02 bits per heavy atom. The predicted molar refractivity (Wildman–Crippen MR) is 430 cm³/mol. The molecule has 29 heteroatoms. The van der Waals surface area contributed by atoms with E-state index in [1.165, 1.54) is 13.8 Å². The van der Waals surface area contributed by atoms with Crippen LogP contribution in [-0.2, 0) is 74.4 Å². The number of carbonyl (C=O) groups is 6. The number of carboxylic acid groups (broad SMARTS) is 2. The Hall–Kier alpha value is -10.9. The van der Waals surface area contributed by atoms with Crippen molar-refractivity contribution in [1.29, 1.82) is 0 Å². The number of amides is 2. The molecule has 0 fully saturated rings. The fourth-order valence-electron chi connectivity index (χ4n) is 15.7. The van der Waals surface area contributed by atoms with Crippen molar-refractivity contribution in [3.8, 4) is 0 Å². The molecule has 6 aromatic carbocycles. The van der Waals surface area contributed by atoms with Gasteiger partial charge in [-0.25, -0.2) is 14.8 Å². The molecule has 114 heavy (non-hydrogen) atoms. The number of aliphatic carboxylic acids is 2. The Labute approximate surface area is 658 Å². The van der Waals surface area contributed by atoms with Crippen LogP contribution in [0, 0.1) is 5.92 Å². The summed E-state index contributed by atoms with van der Waals surface area (Å²) in [7, 11) is -8.63. The molecule has 2 aromatic heterocycles. The van der Waals surface area contributed by atoms with Gasteiger partial charge in [-0.1, -0.05) is 118 Å². The number of Topliss-reactive ketones (excluding diaryl/α,β-unsaturated/α-hetero) is 2. The predicted octanol–water partition coefficient (Wildman–Crippen LogP) is 14.1. The average molecular weight is 1600 g/mol. The first-order valence-corrected chi connectivity index (χ1v) is 41.0. The van der Waals surface area contributed by atoms with Gasteiger partial charge >= 0.3 is 24.0 Å². The van der Waals surface area contributed by atoms with Crippen LogP contribution >= 0.6 is 0 Å². The second-order valence-corrected chi connectivity index (χ2v) is 34.4. The van der Waals surface area contributed by atoms with Crippen molar-refractivity contribution in [2.75, 3.05) is 28.6 Å². The smallest absolute Gasteiger partial charge is 0.471 e. The molecule has 0 saturated carbocycles. The number of nitrogens with two attached hydrogens (primary N) is 1. The van der Waals surface area contributed by atoms with Crippen LogP contribution in [0.2, 0.25) is 0 Å². The lowest BCUT2D eigenvalue weighted by Crippen LogP contribution is -2.41. The lowest BCUT2D eigenvalue weighted by Gasteiger charge is -2.28. The molecule has 8 N–H and O–H groups in total. The number of rotatable bonds is 34. The highest BCUT2D eigenvalue weighted by Crippen LogP contribution is 2.52. The van der Waals surface area contributed by atoms with Gasteiger partial charge in [0, 0.05) is 84.4 Å². The van der Waals surface area contributed by atoms with E-state index in [0.29, 0.717) is 45.2 Å². The summed E-state index contributed by atoms with van der Waals surface area (Å²) in [5.41, 5.74) is 13.7. The molecule has 2 aliphatic heterocycles. The van der Waals surface area contributed by atoms with Gasteiger partial charge in [0.25, 0.3) is 31.7 Å². The summed E-state index contributed by atoms with van der Waals surface area (Å²) in [6, 6.07) is 35.4. The number of aromatic amines is 1. The topological polar surface area (TPSA) is 371 Å². The second-order valence-electron chi connectivity index (χ2n) is 30.7. The maximum atomic E-state index is 13.9. The van der Waals surface area contributed by atoms with Gasteiger partial charge in [-0.15, -0.1) is 0 Å². The molecule has 2 unspecified atom stereocenters. The van der Waals surface area contributed by atoms with Crippen LogP contribution in [0.1, 0.15) is 170 Å². The number of benzene rings is 6. The van der Waals surface area contributed by atoms with Crippen LogP contribution in [0.15, 0.2) is 179 Å². The lowest BCUT2D eigenvalue weighted by atomic mass is 9.78. The number of alkyl halides is 3. The van der Waals surface area contributed by atoms with Gasteiger partial charge in [0.15, 0.2) is 23.4 Å². The molecule has 0 radical (unpaired) electrons. The number of unbranched alkanes of at least 4 members (excludes halogenated alkanes) is 2. The molecule has 11 rings (SSSR count). The molecule has 4 heterocycles. The fraction of sp³-hybridized carbons (Fsp3) is 0.376. The zero-order chi connectivity index (χ0) is 82.4. The van der Waals surface area contributed by atoms with Gasteiger partial charge in [0.1, 0.15) is 17.6 Å². The minimum Gasteiger partial charge on any atom is -0.481 e. The number of nitrogen functional groups attached to an aromatic ring is 1. The van der Waals surface area contributed by atoms with E-state index in [4.69, 9.17) is 5.73 Å². The van der Waals surface area contributed by atoms with E-state index in [2.05, 4.69) is 147 Å². The van der Waals surface area contributed by atoms with Gasteiger partial charge in [-0.3, -0.25) is 47.8 Å². The summed E-state index contributed by atoms with van der Waals surface area (Å²) in [5, 5.41) is 24.6. The first-order chi connectivity index (χ1) is 53.9. The van der Waals surface area contributed by atoms with Crippen molar-refractivity contribution in [2.45, 2.75) is 184 Å². The number of anilines is 3. The Kier molecular flexibility index (Phi) is 25.7. The lowest BCUT2D eigenvalue weighted by molar-refractivity contribution is -0.438. The van der Waals surface area contributed by atoms with Crippen molar-refractivity contribution in [1.82, 2.24) is 25.3 Å². The van der Waals surface area contributed by atoms with E-state index >= 15 is 0 Å². The Morgan fingerprint density at radius 1 is 0.711 bits per heavy atom. The number of hydrogen-bond donors (Lipinski definition) is 7. The summed E-state index contributed by atoms with van der Waals surface area (Å²) in [4.78, 5) is 106. The summed E-state index contributed by atoms with van der Waals surface area (Å²) < 4.78 is 114. The zero-order valence-electron chi connectivity index (χ0n) is 64.2. The van der Waals surface area contributed by atoms with Crippen LogP contribution in [0.5, 0.6) is 0 Å². The average Bonchev–Trinajstić information content (AvgIpc) is 1.57. The van der Waals surface area contributed by atoms with Crippen LogP contribution in [0.4, 0.5) is 36.2 Å². The van der Waals surface area contributed by atoms with Crippen LogP contribution in [-0.4, -0.2) is 138 Å². The number of halogens is 3. The number of nitrogens with one attached hydrogen (secondary N) is 2. The first kappa shape index (κ1) is 84.0. The van der Waals surface area contributed by atoms with E-state index in [-0.39, 0.29) is 76.8 Å². The third-order valence-corrected chi connectivity index (χ3v) is 24.6. The number of nitrogens with zero attached hydrogens (tertiary/aromatic N) is 6. The van der Waals surface area contributed by atoms with Crippen molar-refractivity contribution in [3.63, 3.8) is 0 Å². The Morgan fingerprint density at radius 2 is 1.36 bits per heavy atom. The summed E-state index contributed by atoms with van der Waals surface area (Å²) in [6.07, 6.45) is 8.75. The molecule has 24 nitrogen and oxygen atoms in total. The number of allylic oxidation sites excluding steroid dienone is 8. The number of carbonyl (C=O) groups excluding carboxylic acids is 4. The number of carboxylic acids is 2. The molecular weight excluding hydrogens is 1510 g/mol. The van der Waals surface area contributed by atoms with E-state index in [9.17, 15) is 82.9 Å². The number of aromatic nitrogens is 4. The maximum absolute atomic E-state index is 13.9. The van der Waals surface area contributed by atoms with E-state index in [1.54, 1.807) is 0 Å². The molecular formula is C85H93F3N9O15S2+. The minimum atomic E-state index is -5.38. The zero-order valence-corrected chi connectivity index (χ0v) is 65.8. The molecule has 8 aromatic rings. The normalized spacial score (nSPS) is 16.7. The molecule has 3 aliphatic rings. The Balaban J connectivity index is 0.732. The molecule has 0 bridgehead atoms. The first-order valence-electron chi connectivity index (χ1n) is 38.0. The molecule has 4 atom stereocenters. The standard InChI is InChI=1S/C85H92F3N9O15S2/c1-51(113(107,108)109)43-45-95-69-39-30-55-15-10-12-21-65(55)73(69)83(3,4)71(95)41-32-57-18-14-19-58(33-42-72-84(5,6)74-66-22-13-11-16-56(66)31-40-70(74)96(72)46-44-52(2)114(110,111)112)67(57)47-54-25-23-53(24-26-54)27-36-63(98)20-9-7-8-17-60(79(102)103)48-64(99)37-38-68(80(104)105)92-77(100)59-28-34-62(35-29-59)97(81(106)85(86,87)88)50-61-49-90-76-75(91-61)78(101)94-82(89)93-76/h10-13,15-16,21-26,28-35,39-42,49,51-52,60,68H,7-9,14,17-20,27,36-38,43-48,50H2,1-6H3,(H7-,89,90,92,93,94,100,101,102,103,104,105,107,108,109,110,111,112)/p+1/t51?,52?,60-,68+/m1/s1. The summed E-state index contributed by atoms with van der Waals surface area (Å²) >= 11 is 0. The third-order valence-electron chi connectivity index (χ3n) is 22.1. The molecule has 1 aliphatic carbocycles. The molecule has 600 valence electrons. The number of ketones is 2. The van der Waals surface area contributed by atoms with Crippen LogP contribution in [0.3, 0.4) is 0 Å². The number of hydrogen-bond acceptors (Lipinski definition) is 16.